The van der Waals surface area contributed by atoms with Crippen LogP contribution >= 0.6 is 0 Å². The van der Waals surface area contributed by atoms with Crippen molar-refractivity contribution in [3.05, 3.63) is 0 Å². The Morgan fingerprint density at radius 3 is 0.870 bits per heavy atom. The Hall–Kier alpha value is -1.08. The van der Waals surface area contributed by atoms with E-state index in [2.05, 4.69) is 25.8 Å². The molecule has 0 aliphatic carbocycles. The average molecular weight is 428 g/mol. The molecule has 0 aromatic heterocycles. The van der Waals surface area contributed by atoms with Crippen LogP contribution in [0, 0.1) is 0 Å². The van der Waals surface area contributed by atoms with Gasteiger partial charge in [-0.2, -0.15) is 0 Å². The number of carbonyl (C=O) groups is 2. The Morgan fingerprint density at radius 2 is 0.870 bits per heavy atom. The van der Waals surface area contributed by atoms with Crippen LogP contribution in [0.3, 0.4) is 0 Å². The van der Waals surface area contributed by atoms with Gasteiger partial charge in [0, 0.05) is 0 Å². The minimum absolute atomic E-state index is 0.958. The molecule has 23 heavy (non-hydrogen) atoms. The Balaban J connectivity index is -0.000000112. The normalized spacial score (nSPS) is 9.83. The summed E-state index contributed by atoms with van der Waals surface area (Å²) in [6.45, 7) is 3.83. The van der Waals surface area contributed by atoms with Gasteiger partial charge in [0.2, 0.25) is 0 Å². The van der Waals surface area contributed by atoms with Gasteiger partial charge in [-0.15, -0.1) is 0 Å². The second kappa shape index (κ2) is 17.3. The molecule has 0 fully saturated rings. The Labute approximate surface area is 135 Å². The van der Waals surface area contributed by atoms with Gasteiger partial charge in [0.25, 0.3) is 0 Å². The molecule has 0 saturated carbocycles. The van der Waals surface area contributed by atoms with Gasteiger partial charge >= 0.3 is 53.6 Å². The number of rotatable bonds is 4. The summed E-state index contributed by atoms with van der Waals surface area (Å²) in [6, 6.07) is 0. The average Bonchev–Trinajstić information content (AvgIpc) is 2.35. The van der Waals surface area contributed by atoms with Crippen LogP contribution in [-0.4, -0.2) is 38.1 Å². The van der Waals surface area contributed by atoms with Crippen LogP contribution in [0.15, 0.2) is 0 Å². The molecular formula is C6H20Cr2N4O11. The molecule has 0 aliphatic heterocycles. The van der Waals surface area contributed by atoms with Crippen molar-refractivity contribution in [2.45, 2.75) is 0 Å². The Morgan fingerprint density at radius 1 is 0.696 bits per heavy atom. The molecule has 0 aromatic carbocycles. The monoisotopic (exact) mass is 428 g/mol. The van der Waals surface area contributed by atoms with Crippen LogP contribution in [-0.2, 0) is 54.9 Å². The summed E-state index contributed by atoms with van der Waals surface area (Å²) in [5.41, 5.74) is 14.2. The van der Waals surface area contributed by atoms with Crippen molar-refractivity contribution in [1.82, 2.24) is 0 Å². The first-order valence-electron chi connectivity index (χ1n) is 5.40. The molecule has 0 saturated heterocycles. The van der Waals surface area contributed by atoms with Gasteiger partial charge in [0.15, 0.2) is 0 Å². The number of carboxylic acid groups (broad SMARTS) is 2. The summed E-state index contributed by atoms with van der Waals surface area (Å²) in [4.78, 5) is 17.9. The topological polar surface area (TPSA) is 314 Å². The Kier molecular flexibility index (Phi) is 22.4. The standard InChI is InChI=1S/2C2H8N2.C2H2O4.2Cr.7O/c2*3-1-2-4;3-1(4)2(5)6;;;;;;;;;/h2*1-4H2;(H,3,4)(H,5,6);;;;;;;;;/q;;;;;;;;;;2*-1/p+2. The van der Waals surface area contributed by atoms with Crippen molar-refractivity contribution in [1.29, 1.82) is 0 Å². The molecule has 12 N–H and O–H groups in total. The second-order valence-corrected chi connectivity index (χ2v) is 6.51. The van der Waals surface area contributed by atoms with Crippen LogP contribution in [0.2, 0.25) is 0 Å². The van der Waals surface area contributed by atoms with Crippen molar-refractivity contribution < 1.29 is 96.3 Å². The summed E-state index contributed by atoms with van der Waals surface area (Å²) in [7, 11) is 0. The molecule has 0 amide bonds. The van der Waals surface area contributed by atoms with E-state index < -0.39 is 39.2 Å². The molecule has 17 heteroatoms. The first-order chi connectivity index (χ1) is 10.2. The third kappa shape index (κ3) is 62.8. The number of quaternary nitrogens is 4. The van der Waals surface area contributed by atoms with E-state index >= 15 is 0 Å². The Bertz CT molecular complexity index is 453. The quantitative estimate of drug-likeness (QED) is 0.304. The van der Waals surface area contributed by atoms with Gasteiger partial charge in [0.1, 0.15) is 26.2 Å². The van der Waals surface area contributed by atoms with Crippen molar-refractivity contribution in [3.8, 4) is 0 Å². The molecule has 0 rings (SSSR count). The molecule has 0 radical (unpaired) electrons. The molecule has 0 spiro atoms. The third-order valence-corrected chi connectivity index (χ3v) is 3.50. The summed E-state index contributed by atoms with van der Waals surface area (Å²) in [5, 5.41) is 17.9. The molecule has 15 nitrogen and oxygen atoms in total. The summed E-state index contributed by atoms with van der Waals surface area (Å²) >= 11 is -12.1. The predicted molar refractivity (Wildman–Crippen MR) is 44.9 cm³/mol. The van der Waals surface area contributed by atoms with Gasteiger partial charge in [0.05, 0.1) is 11.9 Å². The van der Waals surface area contributed by atoms with E-state index in [1.165, 1.54) is 0 Å². The minimum atomic E-state index is -6.07. The van der Waals surface area contributed by atoms with Crippen LogP contribution in [0.4, 0.5) is 0 Å². The van der Waals surface area contributed by atoms with E-state index in [1.807, 2.05) is 0 Å². The predicted octanol–water partition coefficient (Wildman–Crippen LogP) is -11.5. The van der Waals surface area contributed by atoms with Crippen LogP contribution in [0.25, 0.3) is 0 Å². The molecular weight excluding hydrogens is 408 g/mol. The first kappa shape index (κ1) is 29.9. The van der Waals surface area contributed by atoms with Gasteiger partial charge in [-0.25, -0.2) is 0 Å². The maximum absolute atomic E-state index is 9.38. The number of aliphatic carboxylic acids is 2. The number of carboxylic acids is 2. The molecule has 0 bridgehead atoms. The van der Waals surface area contributed by atoms with Gasteiger partial charge in [-0.1, -0.05) is 0 Å². The fraction of sp³-hybridized carbons (Fsp3) is 0.667. The number of carbonyl (C=O) groups excluding carboxylic acids is 2. The van der Waals surface area contributed by atoms with E-state index in [-0.39, 0.29) is 0 Å². The zero-order chi connectivity index (χ0) is 19.7. The van der Waals surface area contributed by atoms with Crippen molar-refractivity contribution in [3.63, 3.8) is 0 Å². The van der Waals surface area contributed by atoms with E-state index in [1.54, 1.807) is 0 Å². The van der Waals surface area contributed by atoms with E-state index in [4.69, 9.17) is 19.8 Å². The van der Waals surface area contributed by atoms with Crippen molar-refractivity contribution in [2.24, 2.45) is 0 Å². The van der Waals surface area contributed by atoms with E-state index in [9.17, 15) is 23.5 Å². The van der Waals surface area contributed by atoms with E-state index in [0.717, 1.165) is 26.2 Å². The number of hydrogen-bond acceptors (Lipinski definition) is 11. The zero-order valence-electron chi connectivity index (χ0n) is 12.0. The first-order valence-corrected chi connectivity index (χ1v) is 9.56. The molecule has 142 valence electrons. The second-order valence-electron chi connectivity index (χ2n) is 2.87. The van der Waals surface area contributed by atoms with Gasteiger partial charge in [-0.05, 0) is 0 Å². The van der Waals surface area contributed by atoms with Crippen molar-refractivity contribution >= 4 is 11.9 Å². The fourth-order valence-electron chi connectivity index (χ4n) is 0.102. The summed E-state index contributed by atoms with van der Waals surface area (Å²) in [6.07, 6.45) is 0. The molecule has 0 unspecified atom stereocenters. The molecule has 0 heterocycles. The van der Waals surface area contributed by atoms with Crippen LogP contribution < -0.4 is 41.5 Å². The zero-order valence-corrected chi connectivity index (χ0v) is 14.5. The molecule has 0 aliphatic rings. The SMILES string of the molecule is O=C([O-])C(=O)[O-].[NH3+]CC[NH3+].[NH3+]CC[NH3+].[O]=[Cr](=[O])([O-])[O][Cr](=[O])(=[O])[O-]. The van der Waals surface area contributed by atoms with Crippen LogP contribution in [0.5, 0.6) is 0 Å². The summed E-state index contributed by atoms with van der Waals surface area (Å²) < 4.78 is 58.9. The van der Waals surface area contributed by atoms with Gasteiger partial charge in [-0.3, -0.25) is 0 Å². The van der Waals surface area contributed by atoms with Gasteiger partial charge < -0.3 is 42.7 Å². The molecule has 0 atom stereocenters. The fourth-order valence-corrected chi connectivity index (χ4v) is 1.74. The van der Waals surface area contributed by atoms with Crippen LogP contribution in [0.1, 0.15) is 0 Å². The van der Waals surface area contributed by atoms with Crippen molar-refractivity contribution in [2.75, 3.05) is 26.2 Å². The third-order valence-electron chi connectivity index (χ3n) is 0.833. The number of hydrogen-bond donors (Lipinski definition) is 4. The molecule has 0 aromatic rings. The maximum atomic E-state index is 9.38. The van der Waals surface area contributed by atoms with E-state index in [0.29, 0.717) is 0 Å². The summed E-state index contributed by atoms with van der Waals surface area (Å²) in [5.74, 6) is -4.37.